The zero-order chi connectivity index (χ0) is 13.3. The first-order valence-corrected chi connectivity index (χ1v) is 7.85. The average Bonchev–Trinajstić information content (AvgIpc) is 2.66. The lowest BCUT2D eigenvalue weighted by atomic mass is 10.2. The van der Waals surface area contributed by atoms with Gasteiger partial charge in [-0.05, 0) is 13.0 Å². The van der Waals surface area contributed by atoms with E-state index in [-0.39, 0.29) is 25.2 Å². The third-order valence-corrected chi connectivity index (χ3v) is 4.58. The number of aliphatic hydroxyl groups excluding tert-OH is 1. The summed E-state index contributed by atoms with van der Waals surface area (Å²) in [5.41, 5.74) is 1.12. The summed E-state index contributed by atoms with van der Waals surface area (Å²) in [5.74, 6) is 0. The fraction of sp³-hybridized carbons (Fsp3) is 0.727. The lowest BCUT2D eigenvalue weighted by Gasteiger charge is -2.25. The first kappa shape index (κ1) is 13.5. The molecule has 0 spiro atoms. The summed E-state index contributed by atoms with van der Waals surface area (Å²) in [6.45, 7) is 2.59. The van der Waals surface area contributed by atoms with E-state index in [0.29, 0.717) is 13.0 Å². The van der Waals surface area contributed by atoms with Crippen LogP contribution in [0.25, 0.3) is 0 Å². The average molecular weight is 273 g/mol. The van der Waals surface area contributed by atoms with Gasteiger partial charge >= 0.3 is 0 Å². The van der Waals surface area contributed by atoms with E-state index in [0.717, 1.165) is 5.70 Å². The molecule has 2 aliphatic rings. The summed E-state index contributed by atoms with van der Waals surface area (Å²) in [7, 11) is -3.29. The van der Waals surface area contributed by atoms with Crippen molar-refractivity contribution in [1.29, 1.82) is 0 Å². The Kier molecular flexibility index (Phi) is 3.74. The molecule has 7 heteroatoms. The van der Waals surface area contributed by atoms with Crippen LogP contribution in [0.4, 0.5) is 0 Å². The zero-order valence-corrected chi connectivity index (χ0v) is 11.5. The van der Waals surface area contributed by atoms with Gasteiger partial charge in [0.15, 0.2) is 0 Å². The van der Waals surface area contributed by atoms with E-state index in [4.69, 9.17) is 5.11 Å². The van der Waals surface area contributed by atoms with Gasteiger partial charge in [0, 0.05) is 31.2 Å². The van der Waals surface area contributed by atoms with Crippen LogP contribution < -0.4 is 0 Å². The molecule has 2 atom stereocenters. The smallest absolute Gasteiger partial charge is 0.211 e. The number of sulfonamides is 1. The molecular formula is C11H19N3O3S. The number of nitrogens with zero attached hydrogens (tertiary/aromatic N) is 3. The predicted molar refractivity (Wildman–Crippen MR) is 69.8 cm³/mol. The van der Waals surface area contributed by atoms with Crippen molar-refractivity contribution in [2.75, 3.05) is 26.0 Å². The number of aliphatic imine (C=N–C) groups is 1. The van der Waals surface area contributed by atoms with Gasteiger partial charge in [0.1, 0.15) is 0 Å². The fourth-order valence-electron chi connectivity index (χ4n) is 2.47. The van der Waals surface area contributed by atoms with Gasteiger partial charge in [0.05, 0.1) is 25.2 Å². The van der Waals surface area contributed by atoms with Crippen molar-refractivity contribution >= 4 is 16.4 Å². The molecule has 0 unspecified atom stereocenters. The Morgan fingerprint density at radius 3 is 2.94 bits per heavy atom. The molecule has 6 nitrogen and oxygen atoms in total. The monoisotopic (exact) mass is 273 g/mol. The van der Waals surface area contributed by atoms with E-state index in [1.807, 2.05) is 11.8 Å². The Morgan fingerprint density at radius 2 is 2.33 bits per heavy atom. The summed E-state index contributed by atoms with van der Waals surface area (Å²) >= 11 is 0. The van der Waals surface area contributed by atoms with E-state index in [1.54, 1.807) is 6.34 Å². The quantitative estimate of drug-likeness (QED) is 0.758. The topological polar surface area (TPSA) is 73.2 Å². The Bertz CT molecular complexity index is 472. The molecule has 2 aliphatic heterocycles. The van der Waals surface area contributed by atoms with Gasteiger partial charge < -0.3 is 10.0 Å². The van der Waals surface area contributed by atoms with Gasteiger partial charge in [-0.3, -0.25) is 4.99 Å². The molecule has 0 aromatic heterocycles. The van der Waals surface area contributed by atoms with Crippen LogP contribution in [0.2, 0.25) is 0 Å². The second kappa shape index (κ2) is 4.99. The van der Waals surface area contributed by atoms with Crippen LogP contribution in [0.3, 0.4) is 0 Å². The molecule has 0 saturated carbocycles. The number of fused-ring (bicyclic) bond motifs is 1. The summed E-state index contributed by atoms with van der Waals surface area (Å²) in [6.07, 6.45) is 5.70. The molecule has 1 saturated heterocycles. The third-order valence-electron chi connectivity index (χ3n) is 3.25. The summed E-state index contributed by atoms with van der Waals surface area (Å²) in [5, 5.41) is 9.00. The van der Waals surface area contributed by atoms with E-state index < -0.39 is 10.0 Å². The van der Waals surface area contributed by atoms with Crippen LogP contribution in [0, 0.1) is 0 Å². The summed E-state index contributed by atoms with van der Waals surface area (Å²) in [6, 6.07) is 0.0367. The van der Waals surface area contributed by atoms with Crippen LogP contribution in [0.1, 0.15) is 13.3 Å². The summed E-state index contributed by atoms with van der Waals surface area (Å²) in [4.78, 5) is 6.27. The highest BCUT2D eigenvalue weighted by molar-refractivity contribution is 7.88. The van der Waals surface area contributed by atoms with Crippen molar-refractivity contribution in [3.63, 3.8) is 0 Å². The van der Waals surface area contributed by atoms with E-state index in [2.05, 4.69) is 11.1 Å². The lowest BCUT2D eigenvalue weighted by molar-refractivity contribution is 0.229. The van der Waals surface area contributed by atoms with Crippen molar-refractivity contribution < 1.29 is 13.5 Å². The normalized spacial score (nSPS) is 27.6. The lowest BCUT2D eigenvalue weighted by Crippen LogP contribution is -2.42. The van der Waals surface area contributed by atoms with E-state index in [1.165, 1.54) is 10.6 Å². The van der Waals surface area contributed by atoms with Crippen molar-refractivity contribution in [2.45, 2.75) is 25.4 Å². The highest BCUT2D eigenvalue weighted by Crippen LogP contribution is 2.28. The van der Waals surface area contributed by atoms with Gasteiger partial charge in [-0.2, -0.15) is 4.31 Å². The van der Waals surface area contributed by atoms with Crippen molar-refractivity contribution in [1.82, 2.24) is 9.21 Å². The van der Waals surface area contributed by atoms with Gasteiger partial charge in [0.25, 0.3) is 0 Å². The molecule has 0 aliphatic carbocycles. The van der Waals surface area contributed by atoms with Crippen LogP contribution in [-0.2, 0) is 10.0 Å². The summed E-state index contributed by atoms with van der Waals surface area (Å²) < 4.78 is 24.8. The number of rotatable bonds is 4. The van der Waals surface area contributed by atoms with Gasteiger partial charge in [-0.15, -0.1) is 0 Å². The maximum Gasteiger partial charge on any atom is 0.211 e. The van der Waals surface area contributed by atoms with Crippen molar-refractivity contribution in [3.05, 3.63) is 11.8 Å². The zero-order valence-electron chi connectivity index (χ0n) is 10.7. The van der Waals surface area contributed by atoms with Crippen LogP contribution in [-0.4, -0.2) is 67.1 Å². The van der Waals surface area contributed by atoms with Crippen LogP contribution in [0.5, 0.6) is 0 Å². The molecule has 2 rings (SSSR count). The fourth-order valence-corrected chi connectivity index (χ4v) is 3.57. The highest BCUT2D eigenvalue weighted by Gasteiger charge is 2.35. The molecule has 102 valence electrons. The van der Waals surface area contributed by atoms with E-state index >= 15 is 0 Å². The molecular weight excluding hydrogens is 254 g/mol. The molecule has 18 heavy (non-hydrogen) atoms. The molecule has 0 aromatic carbocycles. The maximum atomic E-state index is 11.7. The first-order valence-electron chi connectivity index (χ1n) is 6.00. The number of aliphatic hydroxyl groups is 1. The Labute approximate surface area is 108 Å². The van der Waals surface area contributed by atoms with Crippen molar-refractivity contribution in [2.24, 2.45) is 4.99 Å². The molecule has 0 aromatic rings. The number of hydrogen-bond acceptors (Lipinski definition) is 5. The van der Waals surface area contributed by atoms with Gasteiger partial charge in [0.2, 0.25) is 10.0 Å². The minimum absolute atomic E-state index is 0.116. The second-order valence-corrected chi connectivity index (χ2v) is 6.71. The molecule has 0 amide bonds. The molecule has 1 N–H and O–H groups in total. The maximum absolute atomic E-state index is 11.7. The SMILES string of the molecule is C[C@H]1C=C2C[C@H](N(CCO)S(C)(=O)=O)CN2C=N1. The standard InChI is InChI=1S/C11H19N3O3S/c1-9-5-10-6-11(7-13(10)8-12-9)14(3-4-15)18(2,16)17/h5,8-9,11,15H,3-4,6-7H2,1-2H3/t9-,11-/m0/s1. The minimum Gasteiger partial charge on any atom is -0.395 e. The second-order valence-electron chi connectivity index (χ2n) is 4.77. The largest absolute Gasteiger partial charge is 0.395 e. The van der Waals surface area contributed by atoms with Gasteiger partial charge in [-0.25, -0.2) is 8.42 Å². The Morgan fingerprint density at radius 1 is 1.61 bits per heavy atom. The number of hydrogen-bond donors (Lipinski definition) is 1. The van der Waals surface area contributed by atoms with Crippen LogP contribution in [0.15, 0.2) is 16.8 Å². The predicted octanol–water partition coefficient (Wildman–Crippen LogP) is -0.371. The van der Waals surface area contributed by atoms with Crippen LogP contribution >= 0.6 is 0 Å². The van der Waals surface area contributed by atoms with E-state index in [9.17, 15) is 8.42 Å². The minimum atomic E-state index is -3.29. The molecule has 0 radical (unpaired) electrons. The first-order chi connectivity index (χ1) is 8.41. The Hall–Kier alpha value is -0.920. The Balaban J connectivity index is 2.16. The molecule has 2 heterocycles. The molecule has 0 bridgehead atoms. The van der Waals surface area contributed by atoms with Crippen molar-refractivity contribution in [3.8, 4) is 0 Å². The molecule has 1 fully saturated rings. The van der Waals surface area contributed by atoms with Gasteiger partial charge in [-0.1, -0.05) is 0 Å². The highest BCUT2D eigenvalue weighted by atomic mass is 32.2. The third kappa shape index (κ3) is 2.73.